The van der Waals surface area contributed by atoms with E-state index in [2.05, 4.69) is 9.97 Å². The van der Waals surface area contributed by atoms with Gasteiger partial charge in [-0.15, -0.1) is 0 Å². The van der Waals surface area contributed by atoms with E-state index in [4.69, 9.17) is 0 Å². The Labute approximate surface area is 117 Å². The van der Waals surface area contributed by atoms with E-state index in [-0.39, 0.29) is 5.78 Å². The van der Waals surface area contributed by atoms with Crippen molar-refractivity contribution in [3.05, 3.63) is 84.2 Å². The van der Waals surface area contributed by atoms with Crippen molar-refractivity contribution >= 4 is 5.78 Å². The van der Waals surface area contributed by atoms with Crippen LogP contribution in [0.15, 0.2) is 72.9 Å². The summed E-state index contributed by atoms with van der Waals surface area (Å²) in [6, 6.07) is 20.2. The molecule has 0 saturated heterocycles. The topological polar surface area (TPSA) is 42.9 Å². The molecular formula is C17H12N2O. The molecule has 0 N–H and O–H groups in total. The van der Waals surface area contributed by atoms with Gasteiger partial charge in [0.25, 0.3) is 0 Å². The lowest BCUT2D eigenvalue weighted by Gasteiger charge is -2.03. The Hall–Kier alpha value is -2.81. The fourth-order valence-corrected chi connectivity index (χ4v) is 1.96. The van der Waals surface area contributed by atoms with E-state index in [1.165, 1.54) is 0 Å². The van der Waals surface area contributed by atoms with Crippen LogP contribution in [0.3, 0.4) is 0 Å². The van der Waals surface area contributed by atoms with Crippen molar-refractivity contribution in [1.29, 1.82) is 0 Å². The second-order valence-electron chi connectivity index (χ2n) is 4.32. The minimum Gasteiger partial charge on any atom is -0.287 e. The molecule has 2 heterocycles. The number of carbonyl (C=O) groups excluding carboxylic acids is 1. The number of aromatic nitrogens is 2. The third-order valence-corrected chi connectivity index (χ3v) is 2.95. The maximum atomic E-state index is 12.3. The van der Waals surface area contributed by atoms with Crippen LogP contribution in [-0.2, 0) is 0 Å². The Morgan fingerprint density at radius 1 is 0.750 bits per heavy atom. The molecule has 0 atom stereocenters. The molecule has 3 heteroatoms. The fraction of sp³-hybridized carbons (Fsp3) is 0. The van der Waals surface area contributed by atoms with Crippen molar-refractivity contribution in [2.24, 2.45) is 0 Å². The number of carbonyl (C=O) groups is 1. The van der Waals surface area contributed by atoms with Gasteiger partial charge in [-0.1, -0.05) is 42.5 Å². The summed E-state index contributed by atoms with van der Waals surface area (Å²) in [4.78, 5) is 21.0. The summed E-state index contributed by atoms with van der Waals surface area (Å²) < 4.78 is 0. The fourth-order valence-electron chi connectivity index (χ4n) is 1.96. The number of benzene rings is 1. The first-order valence-electron chi connectivity index (χ1n) is 6.33. The molecule has 0 aliphatic heterocycles. The minimum absolute atomic E-state index is 0.0802. The zero-order valence-electron chi connectivity index (χ0n) is 10.7. The number of rotatable bonds is 3. The lowest BCUT2D eigenvalue weighted by molar-refractivity contribution is 0.103. The average molecular weight is 260 g/mol. The van der Waals surface area contributed by atoms with E-state index < -0.39 is 0 Å². The molecule has 2 aromatic heterocycles. The summed E-state index contributed by atoms with van der Waals surface area (Å²) in [6.45, 7) is 0. The summed E-state index contributed by atoms with van der Waals surface area (Å²) >= 11 is 0. The predicted octanol–water partition coefficient (Wildman–Crippen LogP) is 3.37. The second kappa shape index (κ2) is 5.45. The van der Waals surface area contributed by atoms with Crippen LogP contribution in [0.25, 0.3) is 11.4 Å². The summed E-state index contributed by atoms with van der Waals surface area (Å²) in [5.74, 6) is -0.0802. The van der Waals surface area contributed by atoms with Crippen LogP contribution in [0.1, 0.15) is 16.1 Å². The van der Waals surface area contributed by atoms with Crippen LogP contribution in [0.4, 0.5) is 0 Å². The smallest absolute Gasteiger partial charge is 0.211 e. The molecule has 0 saturated carbocycles. The van der Waals surface area contributed by atoms with Crippen LogP contribution in [0.5, 0.6) is 0 Å². The van der Waals surface area contributed by atoms with Crippen molar-refractivity contribution in [3.8, 4) is 11.4 Å². The SMILES string of the molecule is O=C(c1ccccc1)c1cccc(-c2ccccn2)n1. The van der Waals surface area contributed by atoms with Gasteiger partial charge in [-0.3, -0.25) is 9.78 Å². The number of hydrogen-bond donors (Lipinski definition) is 0. The molecule has 0 amide bonds. The Balaban J connectivity index is 1.98. The Kier molecular flexibility index (Phi) is 3.33. The first kappa shape index (κ1) is 12.2. The molecule has 96 valence electrons. The van der Waals surface area contributed by atoms with Gasteiger partial charge in [0, 0.05) is 11.8 Å². The highest BCUT2D eigenvalue weighted by atomic mass is 16.1. The largest absolute Gasteiger partial charge is 0.287 e. The van der Waals surface area contributed by atoms with Crippen LogP contribution in [0, 0.1) is 0 Å². The first-order valence-corrected chi connectivity index (χ1v) is 6.33. The van der Waals surface area contributed by atoms with Crippen molar-refractivity contribution in [2.45, 2.75) is 0 Å². The van der Waals surface area contributed by atoms with Gasteiger partial charge < -0.3 is 0 Å². The summed E-state index contributed by atoms with van der Waals surface area (Å²) in [5, 5.41) is 0. The molecule has 0 radical (unpaired) electrons. The average Bonchev–Trinajstić information content (AvgIpc) is 2.56. The van der Waals surface area contributed by atoms with Crippen molar-refractivity contribution in [1.82, 2.24) is 9.97 Å². The molecule has 3 aromatic rings. The Morgan fingerprint density at radius 3 is 2.25 bits per heavy atom. The third-order valence-electron chi connectivity index (χ3n) is 2.95. The molecule has 3 rings (SSSR count). The normalized spacial score (nSPS) is 10.2. The lowest BCUT2D eigenvalue weighted by Crippen LogP contribution is -2.04. The molecule has 20 heavy (non-hydrogen) atoms. The summed E-state index contributed by atoms with van der Waals surface area (Å²) in [5.41, 5.74) is 2.53. The zero-order valence-corrected chi connectivity index (χ0v) is 10.7. The van der Waals surface area contributed by atoms with E-state index in [0.717, 1.165) is 5.69 Å². The summed E-state index contributed by atoms with van der Waals surface area (Å²) in [6.07, 6.45) is 1.71. The molecule has 3 nitrogen and oxygen atoms in total. The molecule has 0 spiro atoms. The van der Waals surface area contributed by atoms with Crippen molar-refractivity contribution in [3.63, 3.8) is 0 Å². The van der Waals surface area contributed by atoms with Crippen molar-refractivity contribution in [2.75, 3.05) is 0 Å². The number of nitrogens with zero attached hydrogens (tertiary/aromatic N) is 2. The monoisotopic (exact) mass is 260 g/mol. The maximum absolute atomic E-state index is 12.3. The third kappa shape index (κ3) is 2.47. The molecule has 1 aromatic carbocycles. The number of pyridine rings is 2. The van der Waals surface area contributed by atoms with Gasteiger partial charge in [0.1, 0.15) is 5.69 Å². The minimum atomic E-state index is -0.0802. The molecule has 0 aliphatic rings. The molecule has 0 fully saturated rings. The highest BCUT2D eigenvalue weighted by Crippen LogP contribution is 2.15. The number of ketones is 1. The quantitative estimate of drug-likeness (QED) is 0.678. The van der Waals surface area contributed by atoms with Crippen molar-refractivity contribution < 1.29 is 4.79 Å². The van der Waals surface area contributed by atoms with E-state index in [9.17, 15) is 4.79 Å². The molecule has 0 aliphatic carbocycles. The first-order chi connectivity index (χ1) is 9.84. The van der Waals surface area contributed by atoms with Gasteiger partial charge >= 0.3 is 0 Å². The van der Waals surface area contributed by atoms with Gasteiger partial charge in [-0.05, 0) is 24.3 Å². The second-order valence-corrected chi connectivity index (χ2v) is 4.32. The number of hydrogen-bond acceptors (Lipinski definition) is 3. The van der Waals surface area contributed by atoms with Gasteiger partial charge in [-0.2, -0.15) is 0 Å². The molecular weight excluding hydrogens is 248 g/mol. The van der Waals surface area contributed by atoms with E-state index in [1.807, 2.05) is 48.5 Å². The van der Waals surface area contributed by atoms with Gasteiger partial charge in [0.15, 0.2) is 0 Å². The zero-order chi connectivity index (χ0) is 13.8. The summed E-state index contributed by atoms with van der Waals surface area (Å²) in [7, 11) is 0. The van der Waals surface area contributed by atoms with Crippen LogP contribution < -0.4 is 0 Å². The van der Waals surface area contributed by atoms with Crippen LogP contribution in [-0.4, -0.2) is 15.8 Å². The van der Waals surface area contributed by atoms with Crippen LogP contribution in [0.2, 0.25) is 0 Å². The highest BCUT2D eigenvalue weighted by Gasteiger charge is 2.11. The highest BCUT2D eigenvalue weighted by molar-refractivity contribution is 6.07. The van der Waals surface area contributed by atoms with E-state index >= 15 is 0 Å². The van der Waals surface area contributed by atoms with E-state index in [0.29, 0.717) is 17.0 Å². The van der Waals surface area contributed by atoms with Gasteiger partial charge in [-0.25, -0.2) is 4.98 Å². The lowest BCUT2D eigenvalue weighted by atomic mass is 10.1. The Bertz CT molecular complexity index is 724. The molecule has 0 unspecified atom stereocenters. The van der Waals surface area contributed by atoms with Gasteiger partial charge in [0.05, 0.1) is 11.4 Å². The standard InChI is InChI=1S/C17H12N2O/c20-17(13-7-2-1-3-8-13)16-11-6-10-15(19-16)14-9-4-5-12-18-14/h1-12H. The van der Waals surface area contributed by atoms with E-state index in [1.54, 1.807) is 24.4 Å². The molecule has 0 bridgehead atoms. The van der Waals surface area contributed by atoms with Gasteiger partial charge in [0.2, 0.25) is 5.78 Å². The van der Waals surface area contributed by atoms with Crippen LogP contribution >= 0.6 is 0 Å². The Morgan fingerprint density at radius 2 is 1.50 bits per heavy atom. The maximum Gasteiger partial charge on any atom is 0.211 e. The predicted molar refractivity (Wildman–Crippen MR) is 77.3 cm³/mol.